The lowest BCUT2D eigenvalue weighted by molar-refractivity contribution is -0.479. The monoisotopic (exact) mass is 287 g/mol. The van der Waals surface area contributed by atoms with E-state index in [-0.39, 0.29) is 17.9 Å². The van der Waals surface area contributed by atoms with Gasteiger partial charge in [-0.25, -0.2) is 4.39 Å². The van der Waals surface area contributed by atoms with Gasteiger partial charge in [0.05, 0.1) is 17.6 Å². The van der Waals surface area contributed by atoms with Crippen LogP contribution in [0.25, 0.3) is 0 Å². The summed E-state index contributed by atoms with van der Waals surface area (Å²) in [5, 5.41) is 9.91. The highest BCUT2D eigenvalue weighted by Crippen LogP contribution is 2.30. The number of hydrogen-bond acceptors (Lipinski definition) is 5. The van der Waals surface area contributed by atoms with Gasteiger partial charge in [0.2, 0.25) is 6.54 Å². The zero-order valence-electron chi connectivity index (χ0n) is 10.4. The van der Waals surface area contributed by atoms with Crippen LogP contribution in [0.4, 0.5) is 4.39 Å². The maximum absolute atomic E-state index is 13.6. The third-order valence-electron chi connectivity index (χ3n) is 2.27. The molecule has 0 aliphatic carbocycles. The van der Waals surface area contributed by atoms with Crippen LogP contribution in [0.2, 0.25) is 0 Å². The van der Waals surface area contributed by atoms with Crippen LogP contribution in [0.15, 0.2) is 24.3 Å². The minimum atomic E-state index is -0.708. The van der Waals surface area contributed by atoms with Crippen LogP contribution in [0.3, 0.4) is 0 Å². The molecule has 0 N–H and O–H groups in total. The summed E-state index contributed by atoms with van der Waals surface area (Å²) >= 11 is 1.01. The summed E-state index contributed by atoms with van der Waals surface area (Å²) in [7, 11) is 0. The molecule has 1 rings (SSSR count). The van der Waals surface area contributed by atoms with Gasteiger partial charge in [-0.05, 0) is 13.0 Å². The van der Waals surface area contributed by atoms with Crippen molar-refractivity contribution in [1.29, 1.82) is 0 Å². The molecule has 19 heavy (non-hydrogen) atoms. The second-order valence-electron chi connectivity index (χ2n) is 3.64. The predicted octanol–water partition coefficient (Wildman–Crippen LogP) is 2.44. The second-order valence-corrected chi connectivity index (χ2v) is 4.83. The number of thioether (sulfide) groups is 1. The lowest BCUT2D eigenvalue weighted by Gasteiger charge is -2.13. The van der Waals surface area contributed by atoms with E-state index in [9.17, 15) is 19.3 Å². The Balaban J connectivity index is 2.75. The normalized spacial score (nSPS) is 11.9. The number of carbonyl (C=O) groups excluding carboxylic acids is 1. The quantitative estimate of drug-likeness (QED) is 0.437. The van der Waals surface area contributed by atoms with Crippen molar-refractivity contribution in [3.05, 3.63) is 45.8 Å². The molecule has 1 aromatic carbocycles. The molecular formula is C12H14FNO4S. The molecule has 0 bridgehead atoms. The lowest BCUT2D eigenvalue weighted by Crippen LogP contribution is -2.14. The number of halogens is 1. The maximum Gasteiger partial charge on any atom is 0.315 e. The molecule has 0 saturated heterocycles. The number of hydrogen-bond donors (Lipinski definition) is 0. The summed E-state index contributed by atoms with van der Waals surface area (Å²) in [6.07, 6.45) is 0. The number of esters is 1. The molecule has 0 aliphatic rings. The number of nitrogens with zero attached hydrogens (tertiary/aromatic N) is 1. The summed E-state index contributed by atoms with van der Waals surface area (Å²) in [6.45, 7) is 1.48. The smallest absolute Gasteiger partial charge is 0.315 e. The Bertz CT molecular complexity index is 455. The van der Waals surface area contributed by atoms with Gasteiger partial charge in [0.15, 0.2) is 0 Å². The van der Waals surface area contributed by atoms with Crippen LogP contribution in [-0.2, 0) is 9.53 Å². The van der Waals surface area contributed by atoms with E-state index >= 15 is 0 Å². The third kappa shape index (κ3) is 5.25. The highest BCUT2D eigenvalue weighted by Gasteiger charge is 2.22. The first-order chi connectivity index (χ1) is 9.04. The van der Waals surface area contributed by atoms with Gasteiger partial charge in [0.1, 0.15) is 5.82 Å². The number of ether oxygens (including phenoxy) is 1. The van der Waals surface area contributed by atoms with E-state index in [0.29, 0.717) is 0 Å². The average molecular weight is 287 g/mol. The molecule has 0 amide bonds. The van der Waals surface area contributed by atoms with Crippen molar-refractivity contribution in [2.24, 2.45) is 0 Å². The Morgan fingerprint density at radius 3 is 2.79 bits per heavy atom. The molecule has 0 aromatic heterocycles. The third-order valence-corrected chi connectivity index (χ3v) is 3.48. The Labute approximate surface area is 114 Å². The molecule has 104 valence electrons. The van der Waals surface area contributed by atoms with Crippen LogP contribution in [0.1, 0.15) is 17.7 Å². The molecule has 1 atom stereocenters. The number of nitro groups is 1. The van der Waals surface area contributed by atoms with Gasteiger partial charge in [-0.1, -0.05) is 18.2 Å². The minimum absolute atomic E-state index is 0.0410. The van der Waals surface area contributed by atoms with Gasteiger partial charge < -0.3 is 4.74 Å². The van der Waals surface area contributed by atoms with E-state index in [1.54, 1.807) is 13.0 Å². The van der Waals surface area contributed by atoms with Crippen molar-refractivity contribution in [3.8, 4) is 0 Å². The fraction of sp³-hybridized carbons (Fsp3) is 0.417. The molecular weight excluding hydrogens is 273 g/mol. The summed E-state index contributed by atoms with van der Waals surface area (Å²) < 4.78 is 18.4. The van der Waals surface area contributed by atoms with E-state index in [0.717, 1.165) is 11.8 Å². The molecule has 0 heterocycles. The highest BCUT2D eigenvalue weighted by atomic mass is 32.2. The Morgan fingerprint density at radius 1 is 1.53 bits per heavy atom. The fourth-order valence-corrected chi connectivity index (χ4v) is 2.50. The van der Waals surface area contributed by atoms with Gasteiger partial charge >= 0.3 is 5.97 Å². The van der Waals surface area contributed by atoms with Crippen molar-refractivity contribution in [2.45, 2.75) is 12.2 Å². The van der Waals surface area contributed by atoms with Crippen molar-refractivity contribution in [3.63, 3.8) is 0 Å². The summed E-state index contributed by atoms with van der Waals surface area (Å²) in [6, 6.07) is 5.85. The van der Waals surface area contributed by atoms with Crippen LogP contribution in [0, 0.1) is 15.9 Å². The number of carbonyl (C=O) groups is 1. The van der Waals surface area contributed by atoms with E-state index < -0.39 is 28.5 Å². The van der Waals surface area contributed by atoms with Gasteiger partial charge in [0.25, 0.3) is 0 Å². The Kier molecular flexibility index (Phi) is 6.27. The first-order valence-corrected chi connectivity index (χ1v) is 6.73. The molecule has 0 fully saturated rings. The summed E-state index contributed by atoms with van der Waals surface area (Å²) in [5.41, 5.74) is 0.230. The predicted molar refractivity (Wildman–Crippen MR) is 70.1 cm³/mol. The lowest BCUT2D eigenvalue weighted by atomic mass is 10.1. The van der Waals surface area contributed by atoms with Gasteiger partial charge in [0, 0.05) is 10.5 Å². The first kappa shape index (κ1) is 15.4. The van der Waals surface area contributed by atoms with Crippen molar-refractivity contribution < 1.29 is 18.8 Å². The molecule has 7 heteroatoms. The fourth-order valence-electron chi connectivity index (χ4n) is 1.48. The van der Waals surface area contributed by atoms with Crippen LogP contribution < -0.4 is 0 Å². The minimum Gasteiger partial charge on any atom is -0.465 e. The van der Waals surface area contributed by atoms with Gasteiger partial charge in [-0.3, -0.25) is 14.9 Å². The van der Waals surface area contributed by atoms with Crippen molar-refractivity contribution in [2.75, 3.05) is 18.9 Å². The Morgan fingerprint density at radius 2 is 2.21 bits per heavy atom. The SMILES string of the molecule is CCOC(=O)CSC(C[N+](=O)[O-])c1ccccc1F. The molecule has 5 nitrogen and oxygen atoms in total. The Hall–Kier alpha value is -1.63. The van der Waals surface area contributed by atoms with E-state index in [4.69, 9.17) is 4.74 Å². The molecule has 0 radical (unpaired) electrons. The van der Waals surface area contributed by atoms with E-state index in [1.807, 2.05) is 0 Å². The molecule has 1 aromatic rings. The van der Waals surface area contributed by atoms with Crippen LogP contribution in [0.5, 0.6) is 0 Å². The standard InChI is InChI=1S/C12H14FNO4S/c1-2-18-12(15)8-19-11(7-14(16)17)9-5-3-4-6-10(9)13/h3-6,11H,2,7-8H2,1H3. The zero-order valence-corrected chi connectivity index (χ0v) is 11.2. The molecule has 0 spiro atoms. The zero-order chi connectivity index (χ0) is 14.3. The topological polar surface area (TPSA) is 69.4 Å². The van der Waals surface area contributed by atoms with Gasteiger partial charge in [-0.15, -0.1) is 11.8 Å². The largest absolute Gasteiger partial charge is 0.465 e. The molecule has 1 unspecified atom stereocenters. The summed E-state index contributed by atoms with van der Waals surface area (Å²) in [4.78, 5) is 21.3. The molecule has 0 aliphatic heterocycles. The number of benzene rings is 1. The van der Waals surface area contributed by atoms with E-state index in [1.165, 1.54) is 18.2 Å². The van der Waals surface area contributed by atoms with Crippen LogP contribution in [-0.4, -0.2) is 29.8 Å². The average Bonchev–Trinajstić information content (AvgIpc) is 2.35. The van der Waals surface area contributed by atoms with Gasteiger partial charge in [-0.2, -0.15) is 0 Å². The van der Waals surface area contributed by atoms with Crippen molar-refractivity contribution >= 4 is 17.7 Å². The summed E-state index contributed by atoms with van der Waals surface area (Å²) in [5.74, 6) is -1.01. The van der Waals surface area contributed by atoms with Crippen molar-refractivity contribution in [1.82, 2.24) is 0 Å². The second kappa shape index (κ2) is 7.73. The maximum atomic E-state index is 13.6. The first-order valence-electron chi connectivity index (χ1n) is 5.68. The molecule has 0 saturated carbocycles. The van der Waals surface area contributed by atoms with E-state index in [2.05, 4.69) is 0 Å². The highest BCUT2D eigenvalue weighted by molar-refractivity contribution is 8.00. The van der Waals surface area contributed by atoms with Crippen LogP contribution >= 0.6 is 11.8 Å². The number of rotatable bonds is 7.